The van der Waals surface area contributed by atoms with Crippen molar-refractivity contribution in [3.05, 3.63) is 74.8 Å². The van der Waals surface area contributed by atoms with Crippen LogP contribution in [0.4, 0.5) is 5.69 Å². The predicted molar refractivity (Wildman–Crippen MR) is 81.7 cm³/mol. The van der Waals surface area contributed by atoms with Crippen molar-refractivity contribution in [2.24, 2.45) is 5.73 Å². The number of carbonyl (C=O) groups excluding carboxylic acids is 1. The van der Waals surface area contributed by atoms with Crippen LogP contribution >= 0.6 is 0 Å². The highest BCUT2D eigenvalue weighted by atomic mass is 16.6. The van der Waals surface area contributed by atoms with Crippen LogP contribution in [0.25, 0.3) is 12.2 Å². The highest BCUT2D eigenvalue weighted by molar-refractivity contribution is 5.93. The summed E-state index contributed by atoms with van der Waals surface area (Å²) in [5.41, 5.74) is 8.36. The molecule has 2 N–H and O–H groups in total. The molecule has 0 fully saturated rings. The molecule has 106 valence electrons. The second-order valence-electron chi connectivity index (χ2n) is 4.62. The molecule has 0 aromatic heterocycles. The maximum absolute atomic E-state index is 11.0. The van der Waals surface area contributed by atoms with Crippen molar-refractivity contribution in [1.82, 2.24) is 0 Å². The Kier molecular flexibility index (Phi) is 4.13. The Morgan fingerprint density at radius 2 is 1.81 bits per heavy atom. The maximum Gasteiger partial charge on any atom is 0.269 e. The van der Waals surface area contributed by atoms with E-state index in [-0.39, 0.29) is 5.69 Å². The molecule has 0 saturated heterocycles. The van der Waals surface area contributed by atoms with Crippen LogP contribution in [0, 0.1) is 17.0 Å². The van der Waals surface area contributed by atoms with E-state index < -0.39 is 10.8 Å². The number of nitrogens with zero attached hydrogens (tertiary/aromatic N) is 1. The van der Waals surface area contributed by atoms with Crippen molar-refractivity contribution >= 4 is 23.7 Å². The predicted octanol–water partition coefficient (Wildman–Crippen LogP) is 3.17. The fraction of sp³-hybridized carbons (Fsp3) is 0.0625. The van der Waals surface area contributed by atoms with Gasteiger partial charge in [-0.2, -0.15) is 0 Å². The Morgan fingerprint density at radius 3 is 2.33 bits per heavy atom. The van der Waals surface area contributed by atoms with Gasteiger partial charge in [0.25, 0.3) is 5.69 Å². The summed E-state index contributed by atoms with van der Waals surface area (Å²) in [6, 6.07) is 11.6. The first-order valence-electron chi connectivity index (χ1n) is 6.30. The van der Waals surface area contributed by atoms with E-state index in [2.05, 4.69) is 0 Å². The summed E-state index contributed by atoms with van der Waals surface area (Å²) in [5, 5.41) is 10.7. The molecule has 0 saturated carbocycles. The van der Waals surface area contributed by atoms with Gasteiger partial charge < -0.3 is 5.73 Å². The van der Waals surface area contributed by atoms with Gasteiger partial charge in [0.15, 0.2) is 0 Å². The molecular formula is C16H14N2O3. The van der Waals surface area contributed by atoms with Crippen LogP contribution in [0.15, 0.2) is 42.5 Å². The largest absolute Gasteiger partial charge is 0.366 e. The van der Waals surface area contributed by atoms with Gasteiger partial charge in [-0.15, -0.1) is 0 Å². The summed E-state index contributed by atoms with van der Waals surface area (Å²) < 4.78 is 0. The van der Waals surface area contributed by atoms with Gasteiger partial charge in [-0.25, -0.2) is 0 Å². The first-order chi connectivity index (χ1) is 9.97. The molecule has 0 aliphatic rings. The number of nitrogens with two attached hydrogens (primary N) is 1. The molecule has 2 rings (SSSR count). The molecule has 5 heteroatoms. The van der Waals surface area contributed by atoms with Crippen molar-refractivity contribution in [1.29, 1.82) is 0 Å². The highest BCUT2D eigenvalue weighted by Gasteiger charge is 2.06. The standard InChI is InChI=1S/C16H14N2O3/c1-11-10-15(18(20)21)9-8-13(11)5-2-12-3-6-14(7-4-12)16(17)19/h2-10H,1H3,(H2,17,19)/b5-2+. The third-order valence-corrected chi connectivity index (χ3v) is 3.11. The van der Waals surface area contributed by atoms with E-state index in [1.807, 2.05) is 19.1 Å². The van der Waals surface area contributed by atoms with E-state index in [1.54, 1.807) is 30.3 Å². The van der Waals surface area contributed by atoms with E-state index in [9.17, 15) is 14.9 Å². The lowest BCUT2D eigenvalue weighted by Gasteiger charge is -2.01. The van der Waals surface area contributed by atoms with Crippen molar-refractivity contribution in [2.45, 2.75) is 6.92 Å². The Labute approximate surface area is 121 Å². The minimum atomic E-state index is -0.461. The van der Waals surface area contributed by atoms with Crippen molar-refractivity contribution < 1.29 is 9.72 Å². The zero-order valence-corrected chi connectivity index (χ0v) is 11.4. The zero-order valence-electron chi connectivity index (χ0n) is 11.4. The van der Waals surface area contributed by atoms with Gasteiger partial charge in [-0.05, 0) is 41.8 Å². The highest BCUT2D eigenvalue weighted by Crippen LogP contribution is 2.19. The van der Waals surface area contributed by atoms with Gasteiger partial charge in [-0.1, -0.05) is 24.3 Å². The lowest BCUT2D eigenvalue weighted by atomic mass is 10.1. The normalized spacial score (nSPS) is 10.7. The molecule has 0 aliphatic heterocycles. The molecule has 0 atom stereocenters. The number of benzene rings is 2. The minimum absolute atomic E-state index is 0.0791. The number of amides is 1. The summed E-state index contributed by atoms with van der Waals surface area (Å²) in [6.07, 6.45) is 3.75. The van der Waals surface area contributed by atoms with E-state index in [1.165, 1.54) is 12.1 Å². The first kappa shape index (κ1) is 14.5. The van der Waals surface area contributed by atoms with Crippen LogP contribution in [0.1, 0.15) is 27.0 Å². The number of rotatable bonds is 4. The molecule has 0 heterocycles. The molecule has 2 aromatic rings. The SMILES string of the molecule is Cc1cc([N+](=O)[O-])ccc1/C=C/c1ccc(C(N)=O)cc1. The first-order valence-corrected chi connectivity index (χ1v) is 6.30. The number of hydrogen-bond donors (Lipinski definition) is 1. The molecule has 2 aromatic carbocycles. The van der Waals surface area contributed by atoms with Crippen LogP contribution in [0.3, 0.4) is 0 Å². The van der Waals surface area contributed by atoms with Gasteiger partial charge in [0, 0.05) is 17.7 Å². The lowest BCUT2D eigenvalue weighted by molar-refractivity contribution is -0.384. The van der Waals surface area contributed by atoms with E-state index in [0.717, 1.165) is 16.7 Å². The van der Waals surface area contributed by atoms with Gasteiger partial charge in [-0.3, -0.25) is 14.9 Å². The number of carbonyl (C=O) groups is 1. The van der Waals surface area contributed by atoms with Gasteiger partial charge in [0.1, 0.15) is 0 Å². The molecule has 5 nitrogen and oxygen atoms in total. The molecule has 0 spiro atoms. The monoisotopic (exact) mass is 282 g/mol. The average Bonchev–Trinajstić information content (AvgIpc) is 2.46. The van der Waals surface area contributed by atoms with Gasteiger partial charge >= 0.3 is 0 Å². The molecule has 1 amide bonds. The van der Waals surface area contributed by atoms with Crippen LogP contribution < -0.4 is 5.73 Å². The smallest absolute Gasteiger partial charge is 0.269 e. The Bertz CT molecular complexity index is 719. The number of aryl methyl sites for hydroxylation is 1. The van der Waals surface area contributed by atoms with Crippen molar-refractivity contribution in [3.63, 3.8) is 0 Å². The minimum Gasteiger partial charge on any atom is -0.366 e. The second-order valence-corrected chi connectivity index (χ2v) is 4.62. The molecule has 0 unspecified atom stereocenters. The third-order valence-electron chi connectivity index (χ3n) is 3.11. The Balaban J connectivity index is 2.21. The zero-order chi connectivity index (χ0) is 15.4. The number of primary amides is 1. The summed E-state index contributed by atoms with van der Waals surface area (Å²) >= 11 is 0. The molecule has 0 radical (unpaired) electrons. The third kappa shape index (κ3) is 3.54. The van der Waals surface area contributed by atoms with Crippen LogP contribution in [0.5, 0.6) is 0 Å². The molecular weight excluding hydrogens is 268 g/mol. The van der Waals surface area contributed by atoms with Crippen LogP contribution in [-0.4, -0.2) is 10.8 Å². The van der Waals surface area contributed by atoms with E-state index >= 15 is 0 Å². The molecule has 21 heavy (non-hydrogen) atoms. The summed E-state index contributed by atoms with van der Waals surface area (Å²) in [5.74, 6) is -0.461. The lowest BCUT2D eigenvalue weighted by Crippen LogP contribution is -2.10. The summed E-state index contributed by atoms with van der Waals surface area (Å²) in [4.78, 5) is 21.2. The Hall–Kier alpha value is -2.95. The van der Waals surface area contributed by atoms with Crippen molar-refractivity contribution in [3.8, 4) is 0 Å². The number of nitro benzene ring substituents is 1. The molecule has 0 aliphatic carbocycles. The van der Waals surface area contributed by atoms with Crippen LogP contribution in [-0.2, 0) is 0 Å². The maximum atomic E-state index is 11.0. The number of non-ortho nitro benzene ring substituents is 1. The fourth-order valence-corrected chi connectivity index (χ4v) is 1.90. The van der Waals surface area contributed by atoms with Crippen molar-refractivity contribution in [2.75, 3.05) is 0 Å². The number of nitro groups is 1. The second kappa shape index (κ2) is 6.00. The quantitative estimate of drug-likeness (QED) is 0.531. The average molecular weight is 282 g/mol. The summed E-state index contributed by atoms with van der Waals surface area (Å²) in [6.45, 7) is 1.82. The number of hydrogen-bond acceptors (Lipinski definition) is 3. The van der Waals surface area contributed by atoms with Crippen LogP contribution in [0.2, 0.25) is 0 Å². The Morgan fingerprint density at radius 1 is 1.14 bits per heavy atom. The fourth-order valence-electron chi connectivity index (χ4n) is 1.90. The van der Waals surface area contributed by atoms with Gasteiger partial charge in [0.05, 0.1) is 4.92 Å². The van der Waals surface area contributed by atoms with E-state index in [4.69, 9.17) is 5.73 Å². The summed E-state index contributed by atoms with van der Waals surface area (Å²) in [7, 11) is 0. The van der Waals surface area contributed by atoms with E-state index in [0.29, 0.717) is 5.56 Å². The molecule has 0 bridgehead atoms. The topological polar surface area (TPSA) is 86.2 Å². The van der Waals surface area contributed by atoms with Gasteiger partial charge in [0.2, 0.25) is 5.91 Å².